The van der Waals surface area contributed by atoms with Crippen molar-refractivity contribution < 1.29 is 4.79 Å². The van der Waals surface area contributed by atoms with Gasteiger partial charge in [-0.3, -0.25) is 9.69 Å². The number of amides is 1. The molecule has 4 rings (SSSR count). The molecule has 0 aromatic heterocycles. The van der Waals surface area contributed by atoms with Gasteiger partial charge in [0.15, 0.2) is 0 Å². The normalized spacial score (nSPS) is 45.4. The van der Waals surface area contributed by atoms with Crippen LogP contribution in [0.2, 0.25) is 0 Å². The van der Waals surface area contributed by atoms with Crippen LogP contribution in [0, 0.1) is 17.8 Å². The van der Waals surface area contributed by atoms with Crippen LogP contribution in [0.3, 0.4) is 0 Å². The summed E-state index contributed by atoms with van der Waals surface area (Å²) in [4.78, 5) is 15.1. The number of hydrogen-bond acceptors (Lipinski definition) is 2. The van der Waals surface area contributed by atoms with E-state index in [1.807, 2.05) is 0 Å². The van der Waals surface area contributed by atoms with Gasteiger partial charge < -0.3 is 5.32 Å². The smallest absolute Gasteiger partial charge is 0.223 e. The predicted molar refractivity (Wildman–Crippen MR) is 74.7 cm³/mol. The molecule has 0 aromatic rings. The molecular weight excluding hydrogens is 236 g/mol. The number of fused-ring (bicyclic) bond motifs is 3. The highest BCUT2D eigenvalue weighted by molar-refractivity contribution is 5.80. The van der Waals surface area contributed by atoms with Crippen molar-refractivity contribution in [2.45, 2.75) is 63.5 Å². The van der Waals surface area contributed by atoms with Crippen LogP contribution in [0.4, 0.5) is 0 Å². The van der Waals surface area contributed by atoms with E-state index < -0.39 is 0 Å². The average Bonchev–Trinajstić information content (AvgIpc) is 3.14. The zero-order valence-corrected chi connectivity index (χ0v) is 11.8. The number of nitrogens with one attached hydrogen (secondary N) is 1. The van der Waals surface area contributed by atoms with Crippen molar-refractivity contribution in [1.82, 2.24) is 10.2 Å². The van der Waals surface area contributed by atoms with Gasteiger partial charge in [0.2, 0.25) is 5.91 Å². The van der Waals surface area contributed by atoms with Crippen molar-refractivity contribution in [3.05, 3.63) is 0 Å². The Morgan fingerprint density at radius 2 is 1.95 bits per heavy atom. The molecule has 106 valence electrons. The lowest BCUT2D eigenvalue weighted by molar-refractivity contribution is -0.127. The number of hydrogen-bond donors (Lipinski definition) is 1. The first-order valence-corrected chi connectivity index (χ1v) is 8.35. The molecule has 2 bridgehead atoms. The third-order valence-corrected chi connectivity index (χ3v) is 6.26. The zero-order chi connectivity index (χ0) is 12.8. The number of nitrogens with zero attached hydrogens (tertiary/aromatic N) is 1. The molecule has 2 heterocycles. The van der Waals surface area contributed by atoms with E-state index in [1.54, 1.807) is 0 Å². The van der Waals surface area contributed by atoms with Crippen molar-refractivity contribution >= 4 is 5.91 Å². The first kappa shape index (κ1) is 12.2. The Labute approximate surface area is 116 Å². The molecule has 0 unspecified atom stereocenters. The average molecular weight is 262 g/mol. The Hall–Kier alpha value is -0.570. The van der Waals surface area contributed by atoms with Gasteiger partial charge in [-0.25, -0.2) is 0 Å². The molecule has 3 nitrogen and oxygen atoms in total. The summed E-state index contributed by atoms with van der Waals surface area (Å²) in [6.07, 6.45) is 10.4. The van der Waals surface area contributed by atoms with Gasteiger partial charge in [-0.1, -0.05) is 12.8 Å². The molecule has 19 heavy (non-hydrogen) atoms. The second-order valence-corrected chi connectivity index (χ2v) is 7.28. The summed E-state index contributed by atoms with van der Waals surface area (Å²) in [6.45, 7) is 2.46. The van der Waals surface area contributed by atoms with Gasteiger partial charge in [-0.2, -0.15) is 0 Å². The second-order valence-electron chi connectivity index (χ2n) is 7.28. The van der Waals surface area contributed by atoms with E-state index in [0.717, 1.165) is 5.92 Å². The lowest BCUT2D eigenvalue weighted by Crippen LogP contribution is -2.48. The van der Waals surface area contributed by atoms with Gasteiger partial charge in [0.25, 0.3) is 0 Å². The van der Waals surface area contributed by atoms with Crippen LogP contribution in [-0.4, -0.2) is 36.0 Å². The fourth-order valence-corrected chi connectivity index (χ4v) is 5.27. The van der Waals surface area contributed by atoms with E-state index in [9.17, 15) is 4.79 Å². The van der Waals surface area contributed by atoms with Gasteiger partial charge >= 0.3 is 0 Å². The minimum atomic E-state index is 0.358. The van der Waals surface area contributed by atoms with Crippen LogP contribution in [0.25, 0.3) is 0 Å². The summed E-state index contributed by atoms with van der Waals surface area (Å²) in [5.74, 6) is 2.34. The molecule has 2 aliphatic heterocycles. The molecule has 3 heteroatoms. The van der Waals surface area contributed by atoms with Crippen LogP contribution in [-0.2, 0) is 4.79 Å². The summed E-state index contributed by atoms with van der Waals surface area (Å²) in [5.41, 5.74) is 0. The van der Waals surface area contributed by atoms with E-state index in [0.29, 0.717) is 29.8 Å². The minimum absolute atomic E-state index is 0.358. The molecule has 2 saturated heterocycles. The van der Waals surface area contributed by atoms with E-state index in [4.69, 9.17) is 0 Å². The van der Waals surface area contributed by atoms with Crippen molar-refractivity contribution in [1.29, 1.82) is 0 Å². The Kier molecular flexibility index (Phi) is 3.06. The van der Waals surface area contributed by atoms with Gasteiger partial charge in [-0.15, -0.1) is 0 Å². The molecule has 0 aromatic carbocycles. The van der Waals surface area contributed by atoms with E-state index in [1.165, 1.54) is 64.5 Å². The molecule has 1 N–H and O–H groups in total. The van der Waals surface area contributed by atoms with Gasteiger partial charge in [-0.05, 0) is 56.9 Å². The SMILES string of the molecule is O=C(N[C@@H]1CCN2CCCC[C@@H]12)[C@H]1C[C@H]2CC[C@H]1C2. The Bertz CT molecular complexity index is 370. The highest BCUT2D eigenvalue weighted by atomic mass is 16.2. The van der Waals surface area contributed by atoms with Gasteiger partial charge in [0.05, 0.1) is 0 Å². The lowest BCUT2D eigenvalue weighted by Gasteiger charge is -2.33. The highest BCUT2D eigenvalue weighted by Crippen LogP contribution is 2.48. The molecule has 1 amide bonds. The first-order valence-electron chi connectivity index (χ1n) is 8.35. The molecule has 0 radical (unpaired) electrons. The summed E-state index contributed by atoms with van der Waals surface area (Å²) in [6, 6.07) is 1.10. The van der Waals surface area contributed by atoms with E-state index >= 15 is 0 Å². The van der Waals surface area contributed by atoms with Crippen LogP contribution in [0.5, 0.6) is 0 Å². The second kappa shape index (κ2) is 4.76. The third-order valence-electron chi connectivity index (χ3n) is 6.26. The van der Waals surface area contributed by atoms with Crippen molar-refractivity contribution in [3.8, 4) is 0 Å². The molecule has 5 atom stereocenters. The molecule has 2 aliphatic carbocycles. The van der Waals surface area contributed by atoms with Crippen molar-refractivity contribution in [3.63, 3.8) is 0 Å². The maximum Gasteiger partial charge on any atom is 0.223 e. The Balaban J connectivity index is 1.37. The summed E-state index contributed by atoms with van der Waals surface area (Å²) >= 11 is 0. The molecule has 4 fully saturated rings. The number of carbonyl (C=O) groups excluding carboxylic acids is 1. The number of rotatable bonds is 2. The zero-order valence-electron chi connectivity index (χ0n) is 11.8. The summed E-state index contributed by atoms with van der Waals surface area (Å²) < 4.78 is 0. The maximum absolute atomic E-state index is 12.5. The predicted octanol–water partition coefficient (Wildman–Crippen LogP) is 2.17. The number of carbonyl (C=O) groups is 1. The summed E-state index contributed by atoms with van der Waals surface area (Å²) in [7, 11) is 0. The summed E-state index contributed by atoms with van der Waals surface area (Å²) in [5, 5.41) is 3.42. The topological polar surface area (TPSA) is 32.3 Å². The number of piperidine rings is 1. The standard InChI is InChI=1S/C16H26N2O/c19-16(13-10-11-4-5-12(13)9-11)17-14-6-8-18-7-2-1-3-15(14)18/h11-15H,1-10H2,(H,17,19)/t11-,12-,13-,14+,15-/m0/s1. The highest BCUT2D eigenvalue weighted by Gasteiger charge is 2.44. The molecule has 4 aliphatic rings. The maximum atomic E-state index is 12.5. The van der Waals surface area contributed by atoms with E-state index in [2.05, 4.69) is 10.2 Å². The Morgan fingerprint density at radius 3 is 2.74 bits per heavy atom. The quantitative estimate of drug-likeness (QED) is 0.827. The monoisotopic (exact) mass is 262 g/mol. The minimum Gasteiger partial charge on any atom is -0.351 e. The molecular formula is C16H26N2O. The van der Waals surface area contributed by atoms with Crippen LogP contribution >= 0.6 is 0 Å². The van der Waals surface area contributed by atoms with Crippen LogP contribution in [0.1, 0.15) is 51.4 Å². The fraction of sp³-hybridized carbons (Fsp3) is 0.938. The molecule has 2 saturated carbocycles. The lowest BCUT2D eigenvalue weighted by atomic mass is 9.87. The fourth-order valence-electron chi connectivity index (χ4n) is 5.27. The van der Waals surface area contributed by atoms with Gasteiger partial charge in [0, 0.05) is 24.5 Å². The third kappa shape index (κ3) is 2.10. The van der Waals surface area contributed by atoms with Crippen LogP contribution < -0.4 is 5.32 Å². The van der Waals surface area contributed by atoms with E-state index in [-0.39, 0.29) is 0 Å². The largest absolute Gasteiger partial charge is 0.351 e. The Morgan fingerprint density at radius 1 is 1.00 bits per heavy atom. The first-order chi connectivity index (χ1) is 9.31. The van der Waals surface area contributed by atoms with Crippen molar-refractivity contribution in [2.24, 2.45) is 17.8 Å². The van der Waals surface area contributed by atoms with Crippen molar-refractivity contribution in [2.75, 3.05) is 13.1 Å². The van der Waals surface area contributed by atoms with Crippen LogP contribution in [0.15, 0.2) is 0 Å². The molecule has 0 spiro atoms. The van der Waals surface area contributed by atoms with Gasteiger partial charge in [0.1, 0.15) is 0 Å².